The van der Waals surface area contributed by atoms with Crippen molar-refractivity contribution >= 4 is 48.9 Å². The Morgan fingerprint density at radius 2 is 0.571 bits per heavy atom. The molecular formula is C4H4MgO8Zn. The maximum Gasteiger partial charge on any atom is 2.00 e. The van der Waals surface area contributed by atoms with Crippen LogP contribution in [0.5, 0.6) is 0 Å². The van der Waals surface area contributed by atoms with Crippen molar-refractivity contribution in [3.8, 4) is 0 Å². The van der Waals surface area contributed by atoms with Gasteiger partial charge >= 0.3 is 42.5 Å². The summed E-state index contributed by atoms with van der Waals surface area (Å²) < 4.78 is 0. The second-order valence-electron chi connectivity index (χ2n) is 0.365. The molecule has 0 radical (unpaired) electrons. The first-order valence-electron chi connectivity index (χ1n) is 1.71. The summed E-state index contributed by atoms with van der Waals surface area (Å²) in [7, 11) is 0. The molecule has 4 N–H and O–H groups in total. The van der Waals surface area contributed by atoms with Gasteiger partial charge < -0.3 is 39.6 Å². The zero-order chi connectivity index (χ0) is 10.8. The summed E-state index contributed by atoms with van der Waals surface area (Å²) in [6.45, 7) is 2.00. The minimum Gasteiger partial charge on any atom is -0.665 e. The maximum atomic E-state index is 8.24. The molecule has 0 aromatic heterocycles. The van der Waals surface area contributed by atoms with Crippen LogP contribution in [-0.2, 0) is 38.7 Å². The van der Waals surface area contributed by atoms with Crippen LogP contribution >= 0.6 is 0 Å². The standard InChI is InChI=1S/4CHO2.Mg.Zn/c4*2-1-3;;/h4*(H,2,3);;/q4*-1;2*+2. The molecule has 8 nitrogen and oxygen atoms in total. The molecule has 0 aliphatic rings. The molecule has 0 atom stereocenters. The van der Waals surface area contributed by atoms with Gasteiger partial charge in [-0.15, -0.1) is 0 Å². The summed E-state index contributed by atoms with van der Waals surface area (Å²) in [5.74, 6) is 0. The van der Waals surface area contributed by atoms with Gasteiger partial charge in [-0.1, -0.05) is 25.9 Å². The first-order chi connectivity index (χ1) is 5.66. The Hall–Kier alpha value is -0.730. The normalized spacial score (nSPS) is 3.43. The van der Waals surface area contributed by atoms with E-state index in [1.54, 1.807) is 0 Å². The summed E-state index contributed by atoms with van der Waals surface area (Å²) in [6.07, 6.45) is 0. The van der Waals surface area contributed by atoms with E-state index in [0.717, 1.165) is 0 Å². The third kappa shape index (κ3) is 2230. The van der Waals surface area contributed by atoms with Crippen molar-refractivity contribution in [1.82, 2.24) is 0 Å². The number of hydrogen-bond donors (Lipinski definition) is 4. The molecule has 72 valence electrons. The van der Waals surface area contributed by atoms with Crippen molar-refractivity contribution < 1.29 is 59.1 Å². The van der Waals surface area contributed by atoms with Gasteiger partial charge in [-0.05, 0) is 0 Å². The fraction of sp³-hybridized carbons (Fsp3) is 0. The third-order valence-electron chi connectivity index (χ3n) is 0. The third-order valence-corrected chi connectivity index (χ3v) is 0. The molecule has 0 bridgehead atoms. The van der Waals surface area contributed by atoms with Gasteiger partial charge in [0.1, 0.15) is 0 Å². The first kappa shape index (κ1) is 37.8. The van der Waals surface area contributed by atoms with Gasteiger partial charge in [0.15, 0.2) is 0 Å². The molecule has 0 rings (SSSR count). The molecule has 0 aliphatic heterocycles. The van der Waals surface area contributed by atoms with Gasteiger partial charge in [0, 0.05) is 0 Å². The average molecular weight is 270 g/mol. The zero-order valence-electron chi connectivity index (χ0n) is 6.84. The van der Waals surface area contributed by atoms with E-state index in [2.05, 4.69) is 0 Å². The molecular weight excluding hydrogens is 266 g/mol. The molecule has 0 aliphatic carbocycles. The van der Waals surface area contributed by atoms with Crippen molar-refractivity contribution in [2.75, 3.05) is 0 Å². The molecule has 0 aromatic carbocycles. The number of rotatable bonds is 0. The first-order valence-corrected chi connectivity index (χ1v) is 1.71. The van der Waals surface area contributed by atoms with Gasteiger partial charge in [-0.2, -0.15) is 0 Å². The molecule has 0 spiro atoms. The van der Waals surface area contributed by atoms with Gasteiger partial charge in [-0.3, -0.25) is 0 Å². The molecule has 0 aromatic rings. The Labute approximate surface area is 108 Å². The Bertz CT molecular complexity index is 75.3. The molecule has 0 saturated carbocycles. The second-order valence-corrected chi connectivity index (χ2v) is 0.365. The minimum absolute atomic E-state index is 0. The molecule has 0 unspecified atom stereocenters. The molecule has 10 heteroatoms. The minimum atomic E-state index is 0. The fourth-order valence-electron chi connectivity index (χ4n) is 0. The summed E-state index contributed by atoms with van der Waals surface area (Å²) in [5.41, 5.74) is 0. The van der Waals surface area contributed by atoms with E-state index in [1.807, 2.05) is 0 Å². The average Bonchev–Trinajstić information content (AvgIpc) is 1.92. The van der Waals surface area contributed by atoms with Gasteiger partial charge in [-0.25, -0.2) is 0 Å². The molecule has 0 saturated heterocycles. The zero-order valence-corrected chi connectivity index (χ0v) is 11.2. The smallest absolute Gasteiger partial charge is 0.665 e. The topological polar surface area (TPSA) is 149 Å². The summed E-state index contributed by atoms with van der Waals surface area (Å²) >= 11 is 0. The summed E-state index contributed by atoms with van der Waals surface area (Å²) in [5, 5.41) is 27.1. The van der Waals surface area contributed by atoms with Crippen LogP contribution in [0.15, 0.2) is 0 Å². The van der Waals surface area contributed by atoms with Gasteiger partial charge in [0.25, 0.3) is 0 Å². The largest absolute Gasteiger partial charge is 2.00 e. The number of hydrogen-bond acceptors (Lipinski definition) is 4. The number of aliphatic hydroxyl groups excluding tert-OH is 4. The van der Waals surface area contributed by atoms with Crippen molar-refractivity contribution in [3.63, 3.8) is 0 Å². The van der Waals surface area contributed by atoms with Crippen LogP contribution < -0.4 is 0 Å². The summed E-state index contributed by atoms with van der Waals surface area (Å²) in [6, 6.07) is 0. The van der Waals surface area contributed by atoms with Crippen LogP contribution in [0.25, 0.3) is 0 Å². The van der Waals surface area contributed by atoms with Crippen LogP contribution in [-0.4, -0.2) is 69.4 Å². The molecule has 14 heavy (non-hydrogen) atoms. The van der Waals surface area contributed by atoms with Crippen molar-refractivity contribution in [2.45, 2.75) is 0 Å². The Balaban J connectivity index is -0.0000000145. The maximum absolute atomic E-state index is 8.24. The predicted molar refractivity (Wildman–Crippen MR) is 39.0 cm³/mol. The van der Waals surface area contributed by atoms with E-state index >= 15 is 0 Å². The molecule has 0 amide bonds. The Morgan fingerprint density at radius 3 is 0.571 bits per heavy atom. The van der Waals surface area contributed by atoms with Gasteiger partial charge in [0.05, 0.1) is 0 Å². The molecule has 0 heterocycles. The summed E-state index contributed by atoms with van der Waals surface area (Å²) in [4.78, 5) is 32.9. The van der Waals surface area contributed by atoms with E-state index in [4.69, 9.17) is 39.6 Å². The van der Waals surface area contributed by atoms with E-state index in [9.17, 15) is 0 Å². The van der Waals surface area contributed by atoms with Crippen LogP contribution in [0, 0.1) is 0 Å². The fourth-order valence-corrected chi connectivity index (χ4v) is 0. The van der Waals surface area contributed by atoms with Crippen LogP contribution in [0.1, 0.15) is 0 Å². The van der Waals surface area contributed by atoms with E-state index < -0.39 is 0 Å². The quantitative estimate of drug-likeness (QED) is 0.293. The predicted octanol–water partition coefficient (Wildman–Crippen LogP) is -1.94. The van der Waals surface area contributed by atoms with E-state index in [1.165, 1.54) is 0 Å². The Kier molecular flexibility index (Phi) is 394. The van der Waals surface area contributed by atoms with E-state index in [-0.39, 0.29) is 42.5 Å². The van der Waals surface area contributed by atoms with Gasteiger partial charge in [0.2, 0.25) is 0 Å². The van der Waals surface area contributed by atoms with Crippen molar-refractivity contribution in [3.05, 3.63) is 0 Å². The monoisotopic (exact) mass is 268 g/mol. The van der Waals surface area contributed by atoms with Crippen molar-refractivity contribution in [1.29, 1.82) is 0 Å². The molecule has 0 fully saturated rings. The Morgan fingerprint density at radius 1 is 0.571 bits per heavy atom. The second kappa shape index (κ2) is 146. The van der Waals surface area contributed by atoms with Crippen LogP contribution in [0.4, 0.5) is 0 Å². The van der Waals surface area contributed by atoms with Crippen molar-refractivity contribution in [2.24, 2.45) is 0 Å². The SMILES string of the molecule is O=[C-]O.O=[C-]O.O=[C-]O.O=[C-]O.[Mg+2].[Zn+2]. The van der Waals surface area contributed by atoms with E-state index in [0.29, 0.717) is 25.9 Å². The van der Waals surface area contributed by atoms with Crippen LogP contribution in [0.3, 0.4) is 0 Å². The van der Waals surface area contributed by atoms with Crippen LogP contribution in [0.2, 0.25) is 0 Å².